The van der Waals surface area contributed by atoms with Crippen LogP contribution in [0.5, 0.6) is 11.5 Å². The molecule has 4 aromatic rings. The fourth-order valence-electron chi connectivity index (χ4n) is 5.12. The molecule has 2 aromatic carbocycles. The van der Waals surface area contributed by atoms with Gasteiger partial charge in [0.25, 0.3) is 0 Å². The molecule has 1 aliphatic rings. The Morgan fingerprint density at radius 3 is 2.58 bits per heavy atom. The Bertz CT molecular complexity index is 1360. The minimum absolute atomic E-state index is 0.501. The lowest BCUT2D eigenvalue weighted by atomic mass is 9.97. The largest absolute Gasteiger partial charge is 0.496 e. The lowest BCUT2D eigenvalue weighted by Crippen LogP contribution is -2.35. The Morgan fingerprint density at radius 2 is 1.83 bits per heavy atom. The van der Waals surface area contributed by atoms with Gasteiger partial charge in [-0.05, 0) is 63.4 Å². The molecule has 5 rings (SSSR count). The van der Waals surface area contributed by atoms with Gasteiger partial charge in [0.1, 0.15) is 11.5 Å². The molecule has 0 radical (unpaired) electrons. The topological polar surface area (TPSA) is 56.3 Å². The first-order valence-corrected chi connectivity index (χ1v) is 13.0. The van der Waals surface area contributed by atoms with E-state index in [0.29, 0.717) is 17.7 Å². The van der Waals surface area contributed by atoms with Crippen LogP contribution in [0.3, 0.4) is 0 Å². The summed E-state index contributed by atoms with van der Waals surface area (Å²) < 4.78 is 12.2. The first kappa shape index (κ1) is 24.5. The molecule has 2 aromatic heterocycles. The van der Waals surface area contributed by atoms with Gasteiger partial charge in [-0.3, -0.25) is 9.97 Å². The Balaban J connectivity index is 1.63. The molecule has 0 spiro atoms. The fourth-order valence-corrected chi connectivity index (χ4v) is 5.38. The highest BCUT2D eigenvalue weighted by Crippen LogP contribution is 2.42. The number of hydrogen-bond acceptors (Lipinski definition) is 5. The highest BCUT2D eigenvalue weighted by Gasteiger charge is 2.19. The monoisotopic (exact) mass is 501 g/mol. The molecule has 0 bridgehead atoms. The number of rotatable bonds is 7. The van der Waals surface area contributed by atoms with Crippen molar-refractivity contribution >= 4 is 22.5 Å². The normalized spacial score (nSPS) is 15.7. The summed E-state index contributed by atoms with van der Waals surface area (Å²) in [6.45, 7) is 5.95. The van der Waals surface area contributed by atoms with E-state index in [2.05, 4.69) is 48.4 Å². The molecular formula is C30H32ClN3O2. The highest BCUT2D eigenvalue weighted by molar-refractivity contribution is 6.34. The lowest BCUT2D eigenvalue weighted by molar-refractivity contribution is 0.271. The number of benzene rings is 2. The number of nitrogens with one attached hydrogen (secondary N) is 1. The summed E-state index contributed by atoms with van der Waals surface area (Å²) in [4.78, 5) is 9.10. The van der Waals surface area contributed by atoms with Crippen LogP contribution >= 0.6 is 11.6 Å². The predicted octanol–water partition coefficient (Wildman–Crippen LogP) is 7.15. The summed E-state index contributed by atoms with van der Waals surface area (Å²) >= 11 is 6.75. The number of piperidine rings is 1. The standard InChI is InChI=1S/C30H32ClN3O2/c1-19-12-20(2)14-21(13-19)25-18-34-28-16-27(31)23(26-17-32-10-7-29(26)35-3)15-24(28)30(25)36-11-8-22-6-4-5-9-33-22/h7,10,12-18,22,33H,4-6,8-9,11H2,1-3H3. The van der Waals surface area contributed by atoms with E-state index in [4.69, 9.17) is 26.1 Å². The summed E-state index contributed by atoms with van der Waals surface area (Å²) in [6.07, 6.45) is 10.1. The van der Waals surface area contributed by atoms with Crippen molar-refractivity contribution in [1.29, 1.82) is 0 Å². The van der Waals surface area contributed by atoms with Crippen LogP contribution in [0.1, 0.15) is 36.8 Å². The Hall–Kier alpha value is -3.15. The zero-order valence-corrected chi connectivity index (χ0v) is 21.9. The maximum absolute atomic E-state index is 6.75. The van der Waals surface area contributed by atoms with Crippen LogP contribution in [0.15, 0.2) is 55.0 Å². The van der Waals surface area contributed by atoms with E-state index in [0.717, 1.165) is 57.6 Å². The molecule has 1 aliphatic heterocycles. The van der Waals surface area contributed by atoms with E-state index in [1.807, 2.05) is 18.3 Å². The molecule has 0 amide bonds. The first-order chi connectivity index (χ1) is 17.5. The van der Waals surface area contributed by atoms with Crippen molar-refractivity contribution in [2.75, 3.05) is 20.3 Å². The SMILES string of the molecule is COc1ccncc1-c1cc2c(OCCC3CCCCN3)c(-c3cc(C)cc(C)c3)cnc2cc1Cl. The molecule has 6 heteroatoms. The lowest BCUT2D eigenvalue weighted by Gasteiger charge is -2.24. The number of nitrogens with zero attached hydrogens (tertiary/aromatic N) is 2. The summed E-state index contributed by atoms with van der Waals surface area (Å²) in [5.74, 6) is 1.55. The van der Waals surface area contributed by atoms with Crippen molar-refractivity contribution < 1.29 is 9.47 Å². The molecule has 3 heterocycles. The summed E-state index contributed by atoms with van der Waals surface area (Å²) in [5.41, 5.74) is 6.97. The van der Waals surface area contributed by atoms with Gasteiger partial charge in [0.2, 0.25) is 0 Å². The van der Waals surface area contributed by atoms with Gasteiger partial charge < -0.3 is 14.8 Å². The van der Waals surface area contributed by atoms with Gasteiger partial charge in [-0.2, -0.15) is 0 Å². The molecule has 1 atom stereocenters. The third-order valence-corrected chi connectivity index (χ3v) is 7.17. The predicted molar refractivity (Wildman–Crippen MR) is 147 cm³/mol. The van der Waals surface area contributed by atoms with E-state index in [1.165, 1.54) is 30.4 Å². The zero-order valence-electron chi connectivity index (χ0n) is 21.1. The van der Waals surface area contributed by atoms with Crippen LogP contribution in [0.25, 0.3) is 33.2 Å². The zero-order chi connectivity index (χ0) is 25.1. The molecule has 186 valence electrons. The van der Waals surface area contributed by atoms with Crippen LogP contribution in [0.4, 0.5) is 0 Å². The van der Waals surface area contributed by atoms with Crippen LogP contribution in [-0.2, 0) is 0 Å². The van der Waals surface area contributed by atoms with Gasteiger partial charge in [0, 0.05) is 46.7 Å². The molecule has 36 heavy (non-hydrogen) atoms. The van der Waals surface area contributed by atoms with Gasteiger partial charge in [-0.1, -0.05) is 47.3 Å². The molecule has 0 aliphatic carbocycles. The number of fused-ring (bicyclic) bond motifs is 1. The van der Waals surface area contributed by atoms with Crippen molar-refractivity contribution in [2.24, 2.45) is 0 Å². The number of ether oxygens (including phenoxy) is 2. The number of halogens is 1. The number of aryl methyl sites for hydroxylation is 2. The Kier molecular flexibility index (Phi) is 7.40. The van der Waals surface area contributed by atoms with Gasteiger partial charge in [-0.25, -0.2) is 0 Å². The fraction of sp³-hybridized carbons (Fsp3) is 0.333. The van der Waals surface area contributed by atoms with Crippen LogP contribution in [0.2, 0.25) is 5.02 Å². The average Bonchev–Trinajstić information content (AvgIpc) is 2.88. The van der Waals surface area contributed by atoms with E-state index in [-0.39, 0.29) is 0 Å². The molecule has 0 saturated carbocycles. The average molecular weight is 502 g/mol. The number of hydrogen-bond donors (Lipinski definition) is 1. The molecular weight excluding hydrogens is 470 g/mol. The van der Waals surface area contributed by atoms with Crippen molar-refractivity contribution in [1.82, 2.24) is 15.3 Å². The van der Waals surface area contributed by atoms with Gasteiger partial charge in [0.15, 0.2) is 0 Å². The van der Waals surface area contributed by atoms with Gasteiger partial charge in [-0.15, -0.1) is 0 Å². The van der Waals surface area contributed by atoms with Gasteiger partial charge in [0.05, 0.1) is 24.3 Å². The maximum Gasteiger partial charge on any atom is 0.138 e. The summed E-state index contributed by atoms with van der Waals surface area (Å²) in [7, 11) is 1.65. The minimum atomic E-state index is 0.501. The third kappa shape index (κ3) is 5.18. The Morgan fingerprint density at radius 1 is 1.00 bits per heavy atom. The third-order valence-electron chi connectivity index (χ3n) is 6.86. The summed E-state index contributed by atoms with van der Waals surface area (Å²) in [6, 6.07) is 12.9. The van der Waals surface area contributed by atoms with Crippen molar-refractivity contribution in [3.63, 3.8) is 0 Å². The van der Waals surface area contributed by atoms with Crippen LogP contribution in [0, 0.1) is 13.8 Å². The van der Waals surface area contributed by atoms with E-state index in [1.54, 1.807) is 19.5 Å². The second-order valence-corrected chi connectivity index (χ2v) is 9.99. The maximum atomic E-state index is 6.75. The quantitative estimate of drug-likeness (QED) is 0.291. The minimum Gasteiger partial charge on any atom is -0.496 e. The number of aromatic nitrogens is 2. The molecule has 1 unspecified atom stereocenters. The van der Waals surface area contributed by atoms with E-state index in [9.17, 15) is 0 Å². The van der Waals surface area contributed by atoms with Crippen molar-refractivity contribution in [3.8, 4) is 33.8 Å². The highest BCUT2D eigenvalue weighted by atomic mass is 35.5. The second-order valence-electron chi connectivity index (χ2n) is 9.59. The van der Waals surface area contributed by atoms with Crippen molar-refractivity contribution in [2.45, 2.75) is 45.6 Å². The van der Waals surface area contributed by atoms with E-state index >= 15 is 0 Å². The van der Waals surface area contributed by atoms with Crippen molar-refractivity contribution in [3.05, 3.63) is 71.1 Å². The van der Waals surface area contributed by atoms with Gasteiger partial charge >= 0.3 is 0 Å². The van der Waals surface area contributed by atoms with Crippen LogP contribution in [-0.4, -0.2) is 36.3 Å². The number of methoxy groups -OCH3 is 1. The second kappa shape index (κ2) is 10.9. The Labute approximate surface area is 217 Å². The van der Waals surface area contributed by atoms with Crippen LogP contribution < -0.4 is 14.8 Å². The number of pyridine rings is 2. The first-order valence-electron chi connectivity index (χ1n) is 12.6. The smallest absolute Gasteiger partial charge is 0.138 e. The summed E-state index contributed by atoms with van der Waals surface area (Å²) in [5, 5.41) is 5.14. The molecule has 5 nitrogen and oxygen atoms in total. The van der Waals surface area contributed by atoms with E-state index < -0.39 is 0 Å². The molecule has 1 saturated heterocycles. The molecule has 1 fully saturated rings. The molecule has 1 N–H and O–H groups in total.